The van der Waals surface area contributed by atoms with E-state index in [1.807, 2.05) is 52.7 Å². The quantitative estimate of drug-likeness (QED) is 0.365. The van der Waals surface area contributed by atoms with Crippen LogP contribution in [0.15, 0.2) is 76.5 Å². The summed E-state index contributed by atoms with van der Waals surface area (Å²) in [6.45, 7) is 1.03. The monoisotopic (exact) mass is 492 g/mol. The molecule has 0 saturated heterocycles. The number of ether oxygens (including phenoxy) is 1. The lowest BCUT2D eigenvalue weighted by atomic mass is 10.1. The van der Waals surface area contributed by atoms with Crippen LogP contribution in [0, 0.1) is 0 Å². The molecule has 0 unspecified atom stereocenters. The molecule has 3 heterocycles. The van der Waals surface area contributed by atoms with Crippen LogP contribution in [0.4, 0.5) is 5.69 Å². The number of rotatable bonds is 6. The molecule has 8 heteroatoms. The van der Waals surface area contributed by atoms with Gasteiger partial charge in [0.15, 0.2) is 6.61 Å². The molecular formula is C26H21ClN2O4S. The molecule has 1 N–H and O–H groups in total. The van der Waals surface area contributed by atoms with Gasteiger partial charge < -0.3 is 19.4 Å². The van der Waals surface area contributed by atoms with E-state index >= 15 is 0 Å². The fourth-order valence-electron chi connectivity index (χ4n) is 3.83. The minimum absolute atomic E-state index is 0.0499. The van der Waals surface area contributed by atoms with Crippen molar-refractivity contribution in [1.82, 2.24) is 4.90 Å². The van der Waals surface area contributed by atoms with Gasteiger partial charge in [0, 0.05) is 41.3 Å². The number of thiophene rings is 1. The molecule has 172 valence electrons. The number of hydrogen-bond acceptors (Lipinski definition) is 5. The van der Waals surface area contributed by atoms with Crippen molar-refractivity contribution >= 4 is 40.4 Å². The van der Waals surface area contributed by atoms with Crippen molar-refractivity contribution in [3.63, 3.8) is 0 Å². The van der Waals surface area contributed by atoms with Crippen LogP contribution in [0.25, 0.3) is 11.3 Å². The Morgan fingerprint density at radius 1 is 1.09 bits per heavy atom. The van der Waals surface area contributed by atoms with E-state index in [0.717, 1.165) is 21.8 Å². The number of halogens is 1. The van der Waals surface area contributed by atoms with Gasteiger partial charge in [-0.1, -0.05) is 29.8 Å². The Morgan fingerprint density at radius 3 is 2.74 bits per heavy atom. The molecule has 1 aliphatic heterocycles. The van der Waals surface area contributed by atoms with E-state index in [2.05, 4.69) is 5.32 Å². The van der Waals surface area contributed by atoms with Crippen molar-refractivity contribution in [1.29, 1.82) is 0 Å². The molecule has 0 fully saturated rings. The summed E-state index contributed by atoms with van der Waals surface area (Å²) in [5.41, 5.74) is 2.50. The molecule has 34 heavy (non-hydrogen) atoms. The van der Waals surface area contributed by atoms with Gasteiger partial charge in [-0.25, -0.2) is 0 Å². The fraction of sp³-hybridized carbons (Fsp3) is 0.154. The molecular weight excluding hydrogens is 472 g/mol. The zero-order valence-electron chi connectivity index (χ0n) is 18.1. The molecule has 1 aliphatic rings. The van der Waals surface area contributed by atoms with Crippen molar-refractivity contribution in [2.24, 2.45) is 0 Å². The van der Waals surface area contributed by atoms with Crippen LogP contribution in [0.1, 0.15) is 21.0 Å². The Balaban J connectivity index is 1.24. The molecule has 2 amide bonds. The van der Waals surface area contributed by atoms with E-state index in [9.17, 15) is 9.59 Å². The first-order chi connectivity index (χ1) is 16.5. The third-order valence-corrected chi connectivity index (χ3v) is 6.61. The van der Waals surface area contributed by atoms with Crippen LogP contribution in [0.2, 0.25) is 5.02 Å². The Kier molecular flexibility index (Phi) is 6.38. The standard InChI is InChI=1S/C26H21ClN2O4S/c27-19-6-8-21(9-7-19)32-16-25(30)28-20-4-1-3-17(13-20)23-14-18-15-29(11-10-22(18)33-23)26(31)24-5-2-12-34-24/h1-9,12-14H,10-11,15-16H2,(H,28,30). The molecule has 0 aliphatic carbocycles. The van der Waals surface area contributed by atoms with E-state index in [1.54, 1.807) is 24.3 Å². The third kappa shape index (κ3) is 5.00. The summed E-state index contributed by atoms with van der Waals surface area (Å²) in [6.07, 6.45) is 0.672. The summed E-state index contributed by atoms with van der Waals surface area (Å²) < 4.78 is 11.6. The smallest absolute Gasteiger partial charge is 0.264 e. The van der Waals surface area contributed by atoms with E-state index in [0.29, 0.717) is 41.7 Å². The highest BCUT2D eigenvalue weighted by Crippen LogP contribution is 2.31. The van der Waals surface area contributed by atoms with Gasteiger partial charge in [0.05, 0.1) is 4.88 Å². The number of amides is 2. The van der Waals surface area contributed by atoms with E-state index < -0.39 is 0 Å². The highest BCUT2D eigenvalue weighted by molar-refractivity contribution is 7.12. The van der Waals surface area contributed by atoms with Gasteiger partial charge in [0.25, 0.3) is 11.8 Å². The van der Waals surface area contributed by atoms with Crippen LogP contribution in [0.3, 0.4) is 0 Å². The molecule has 6 nitrogen and oxygen atoms in total. The largest absolute Gasteiger partial charge is 0.484 e. The number of benzene rings is 2. The molecule has 5 rings (SSSR count). The number of hydrogen-bond donors (Lipinski definition) is 1. The van der Waals surface area contributed by atoms with Gasteiger partial charge >= 0.3 is 0 Å². The number of furan rings is 1. The van der Waals surface area contributed by atoms with E-state index in [1.165, 1.54) is 11.3 Å². The Labute approximate surface area is 205 Å². The maximum atomic E-state index is 12.7. The number of fused-ring (bicyclic) bond motifs is 1. The molecule has 0 atom stereocenters. The lowest BCUT2D eigenvalue weighted by molar-refractivity contribution is -0.118. The zero-order valence-corrected chi connectivity index (χ0v) is 19.7. The first kappa shape index (κ1) is 22.3. The maximum absolute atomic E-state index is 12.7. The second-order valence-electron chi connectivity index (χ2n) is 7.88. The minimum atomic E-state index is -0.270. The molecule has 0 spiro atoms. The van der Waals surface area contributed by atoms with Gasteiger partial charge in [-0.15, -0.1) is 11.3 Å². The second kappa shape index (κ2) is 9.75. The average molecular weight is 493 g/mol. The topological polar surface area (TPSA) is 71.8 Å². The minimum Gasteiger partial charge on any atom is -0.484 e. The van der Waals surface area contributed by atoms with E-state index in [4.69, 9.17) is 20.8 Å². The normalized spacial score (nSPS) is 12.8. The van der Waals surface area contributed by atoms with Gasteiger partial charge in [0.2, 0.25) is 0 Å². The predicted molar refractivity (Wildman–Crippen MR) is 132 cm³/mol. The van der Waals surface area contributed by atoms with Gasteiger partial charge in [-0.05, 0) is 53.9 Å². The number of carbonyl (C=O) groups is 2. The van der Waals surface area contributed by atoms with E-state index in [-0.39, 0.29) is 18.4 Å². The van der Waals surface area contributed by atoms with Gasteiger partial charge in [-0.3, -0.25) is 9.59 Å². The summed E-state index contributed by atoms with van der Waals surface area (Å²) >= 11 is 7.32. The Morgan fingerprint density at radius 2 is 1.94 bits per heavy atom. The second-order valence-corrected chi connectivity index (χ2v) is 9.27. The number of nitrogens with one attached hydrogen (secondary N) is 1. The lowest BCUT2D eigenvalue weighted by Gasteiger charge is -2.25. The predicted octanol–water partition coefficient (Wildman–Crippen LogP) is 5.88. The van der Waals surface area contributed by atoms with Crippen molar-refractivity contribution in [2.45, 2.75) is 13.0 Å². The van der Waals surface area contributed by atoms with Crippen molar-refractivity contribution in [2.75, 3.05) is 18.5 Å². The summed E-state index contributed by atoms with van der Waals surface area (Å²) in [5, 5.41) is 5.37. The maximum Gasteiger partial charge on any atom is 0.264 e. The first-order valence-electron chi connectivity index (χ1n) is 10.8. The average Bonchev–Trinajstić information content (AvgIpc) is 3.53. The summed E-state index contributed by atoms with van der Waals surface area (Å²) in [6, 6.07) is 20.0. The SMILES string of the molecule is O=C(COc1ccc(Cl)cc1)Nc1cccc(-c2cc3c(o2)CCN(C(=O)c2cccs2)C3)c1. The molecule has 2 aromatic heterocycles. The Bertz CT molecular complexity index is 1320. The summed E-state index contributed by atoms with van der Waals surface area (Å²) in [7, 11) is 0. The summed E-state index contributed by atoms with van der Waals surface area (Å²) in [5.74, 6) is 1.96. The number of nitrogens with zero attached hydrogens (tertiary/aromatic N) is 1. The first-order valence-corrected chi connectivity index (χ1v) is 12.0. The highest BCUT2D eigenvalue weighted by Gasteiger charge is 2.25. The highest BCUT2D eigenvalue weighted by atomic mass is 35.5. The molecule has 4 aromatic rings. The van der Waals surface area contributed by atoms with Crippen molar-refractivity contribution in [3.8, 4) is 17.1 Å². The molecule has 2 aromatic carbocycles. The lowest BCUT2D eigenvalue weighted by Crippen LogP contribution is -2.35. The number of anilines is 1. The van der Waals surface area contributed by atoms with Crippen LogP contribution in [-0.2, 0) is 17.8 Å². The fourth-order valence-corrected chi connectivity index (χ4v) is 4.65. The van der Waals surface area contributed by atoms with Gasteiger partial charge in [-0.2, -0.15) is 0 Å². The number of carbonyl (C=O) groups excluding carboxylic acids is 2. The van der Waals surface area contributed by atoms with Crippen LogP contribution in [0.5, 0.6) is 5.75 Å². The van der Waals surface area contributed by atoms with Gasteiger partial charge in [0.1, 0.15) is 17.3 Å². The van der Waals surface area contributed by atoms with Crippen LogP contribution in [-0.4, -0.2) is 29.9 Å². The zero-order chi connectivity index (χ0) is 23.5. The third-order valence-electron chi connectivity index (χ3n) is 5.50. The molecule has 0 radical (unpaired) electrons. The Hall–Kier alpha value is -3.55. The van der Waals surface area contributed by atoms with Crippen molar-refractivity contribution < 1.29 is 18.7 Å². The van der Waals surface area contributed by atoms with Crippen LogP contribution >= 0.6 is 22.9 Å². The summed E-state index contributed by atoms with van der Waals surface area (Å²) in [4.78, 5) is 27.6. The molecule has 0 saturated carbocycles. The van der Waals surface area contributed by atoms with Crippen molar-refractivity contribution in [3.05, 3.63) is 93.3 Å². The van der Waals surface area contributed by atoms with Crippen LogP contribution < -0.4 is 10.1 Å². The molecule has 0 bridgehead atoms.